The zero-order valence-electron chi connectivity index (χ0n) is 11.6. The Balaban J connectivity index is 2.14. The predicted molar refractivity (Wildman–Crippen MR) is 73.0 cm³/mol. The van der Waals surface area contributed by atoms with E-state index in [-0.39, 0.29) is 6.10 Å². The van der Waals surface area contributed by atoms with Crippen molar-refractivity contribution in [1.82, 2.24) is 4.90 Å². The van der Waals surface area contributed by atoms with Crippen molar-refractivity contribution in [3.8, 4) is 11.8 Å². The van der Waals surface area contributed by atoms with Crippen LogP contribution in [0, 0.1) is 11.3 Å². The highest BCUT2D eigenvalue weighted by Gasteiger charge is 2.16. The van der Waals surface area contributed by atoms with Crippen molar-refractivity contribution >= 4 is 0 Å². The van der Waals surface area contributed by atoms with E-state index in [0.717, 1.165) is 44.0 Å². The summed E-state index contributed by atoms with van der Waals surface area (Å²) in [6, 6.07) is 7.75. The van der Waals surface area contributed by atoms with Gasteiger partial charge >= 0.3 is 0 Å². The van der Waals surface area contributed by atoms with Gasteiger partial charge in [-0.15, -0.1) is 0 Å². The molecule has 1 heterocycles. The van der Waals surface area contributed by atoms with Crippen LogP contribution in [-0.2, 0) is 11.3 Å². The Labute approximate surface area is 114 Å². The van der Waals surface area contributed by atoms with Crippen molar-refractivity contribution in [2.45, 2.75) is 26.0 Å². The summed E-state index contributed by atoms with van der Waals surface area (Å²) in [6.45, 7) is 5.66. The van der Waals surface area contributed by atoms with Crippen molar-refractivity contribution in [3.63, 3.8) is 0 Å². The fourth-order valence-electron chi connectivity index (χ4n) is 2.44. The van der Waals surface area contributed by atoms with Crippen LogP contribution >= 0.6 is 0 Å². The molecule has 0 amide bonds. The molecule has 19 heavy (non-hydrogen) atoms. The maximum Gasteiger partial charge on any atom is 0.123 e. The highest BCUT2D eigenvalue weighted by atomic mass is 16.5. The van der Waals surface area contributed by atoms with Crippen molar-refractivity contribution < 1.29 is 9.47 Å². The minimum atomic E-state index is 0.257. The van der Waals surface area contributed by atoms with Gasteiger partial charge in [-0.2, -0.15) is 5.26 Å². The molecule has 4 nitrogen and oxygen atoms in total. The number of rotatable bonds is 3. The standard InChI is InChI=1S/C15H20N2O2/c1-12-10-17(6-3-7-19-12)11-14-8-13(9-16)4-5-15(14)18-2/h4-5,8,12H,3,6-7,10-11H2,1-2H3. The molecule has 4 heteroatoms. The lowest BCUT2D eigenvalue weighted by molar-refractivity contribution is 0.0667. The molecular formula is C15H20N2O2. The third-order valence-electron chi connectivity index (χ3n) is 3.34. The summed E-state index contributed by atoms with van der Waals surface area (Å²) >= 11 is 0. The predicted octanol–water partition coefficient (Wildman–Crippen LogP) is 2.18. The van der Waals surface area contributed by atoms with Crippen LogP contribution in [0.2, 0.25) is 0 Å². The molecule has 102 valence electrons. The van der Waals surface area contributed by atoms with Crippen molar-refractivity contribution in [2.75, 3.05) is 26.8 Å². The molecule has 2 rings (SSSR count). The largest absolute Gasteiger partial charge is 0.496 e. The Hall–Kier alpha value is -1.57. The van der Waals surface area contributed by atoms with Gasteiger partial charge in [0.05, 0.1) is 24.8 Å². The number of benzene rings is 1. The summed E-state index contributed by atoms with van der Waals surface area (Å²) in [5.74, 6) is 0.844. The summed E-state index contributed by atoms with van der Waals surface area (Å²) in [5.41, 5.74) is 1.74. The molecular weight excluding hydrogens is 240 g/mol. The first-order valence-corrected chi connectivity index (χ1v) is 6.64. The van der Waals surface area contributed by atoms with Crippen LogP contribution in [0.5, 0.6) is 5.75 Å². The van der Waals surface area contributed by atoms with Gasteiger partial charge in [-0.05, 0) is 31.5 Å². The Morgan fingerprint density at radius 1 is 1.53 bits per heavy atom. The van der Waals surface area contributed by atoms with Gasteiger partial charge < -0.3 is 9.47 Å². The zero-order chi connectivity index (χ0) is 13.7. The molecule has 0 bridgehead atoms. The maximum atomic E-state index is 8.99. The van der Waals surface area contributed by atoms with Crippen molar-refractivity contribution in [1.29, 1.82) is 5.26 Å². The number of hydrogen-bond acceptors (Lipinski definition) is 4. The molecule has 0 aliphatic carbocycles. The molecule has 1 fully saturated rings. The van der Waals surface area contributed by atoms with E-state index in [1.165, 1.54) is 0 Å². The van der Waals surface area contributed by atoms with Gasteiger partial charge in [0.2, 0.25) is 0 Å². The number of hydrogen-bond donors (Lipinski definition) is 0. The summed E-state index contributed by atoms with van der Waals surface area (Å²) in [5, 5.41) is 8.99. The van der Waals surface area contributed by atoms with Gasteiger partial charge in [0.25, 0.3) is 0 Å². The molecule has 0 saturated carbocycles. The Morgan fingerprint density at radius 2 is 2.37 bits per heavy atom. The summed E-state index contributed by atoms with van der Waals surface area (Å²) in [7, 11) is 1.67. The maximum absolute atomic E-state index is 8.99. The van der Waals surface area contributed by atoms with Gasteiger partial charge in [-0.3, -0.25) is 4.90 Å². The fraction of sp³-hybridized carbons (Fsp3) is 0.533. The normalized spacial score (nSPS) is 20.6. The van der Waals surface area contributed by atoms with Crippen molar-refractivity contribution in [2.24, 2.45) is 0 Å². The van der Waals surface area contributed by atoms with Crippen LogP contribution < -0.4 is 4.74 Å². The molecule has 1 aromatic rings. The Morgan fingerprint density at radius 3 is 3.11 bits per heavy atom. The van der Waals surface area contributed by atoms with E-state index >= 15 is 0 Å². The van der Waals surface area contributed by atoms with Crippen LogP contribution in [0.25, 0.3) is 0 Å². The number of nitriles is 1. The van der Waals surface area contributed by atoms with E-state index in [2.05, 4.69) is 17.9 Å². The van der Waals surface area contributed by atoms with E-state index in [1.807, 2.05) is 12.1 Å². The van der Waals surface area contributed by atoms with E-state index < -0.39 is 0 Å². The van der Waals surface area contributed by atoms with E-state index in [9.17, 15) is 0 Å². The third-order valence-corrected chi connectivity index (χ3v) is 3.34. The number of ether oxygens (including phenoxy) is 2. The summed E-state index contributed by atoms with van der Waals surface area (Å²) < 4.78 is 11.0. The topological polar surface area (TPSA) is 45.5 Å². The molecule has 1 aromatic carbocycles. The molecule has 1 aliphatic heterocycles. The van der Waals surface area contributed by atoms with E-state index in [1.54, 1.807) is 13.2 Å². The lowest BCUT2D eigenvalue weighted by atomic mass is 10.1. The second-order valence-corrected chi connectivity index (χ2v) is 4.91. The van der Waals surface area contributed by atoms with Crippen LogP contribution in [-0.4, -0.2) is 37.8 Å². The summed E-state index contributed by atoms with van der Waals surface area (Å²) in [4.78, 5) is 2.36. The SMILES string of the molecule is COc1ccc(C#N)cc1CN1CCCOC(C)C1. The van der Waals surface area contributed by atoms with Crippen LogP contribution in [0.4, 0.5) is 0 Å². The van der Waals surface area contributed by atoms with Crippen LogP contribution in [0.1, 0.15) is 24.5 Å². The lowest BCUT2D eigenvalue weighted by Gasteiger charge is -2.22. The molecule has 0 N–H and O–H groups in total. The third kappa shape index (κ3) is 3.69. The van der Waals surface area contributed by atoms with Crippen LogP contribution in [0.3, 0.4) is 0 Å². The molecule has 1 unspecified atom stereocenters. The van der Waals surface area contributed by atoms with Crippen molar-refractivity contribution in [3.05, 3.63) is 29.3 Å². The molecule has 0 aromatic heterocycles. The molecule has 0 radical (unpaired) electrons. The summed E-state index contributed by atoms with van der Waals surface area (Å²) in [6.07, 6.45) is 1.30. The first-order valence-electron chi connectivity index (χ1n) is 6.64. The molecule has 1 saturated heterocycles. The average molecular weight is 260 g/mol. The quantitative estimate of drug-likeness (QED) is 0.835. The minimum absolute atomic E-state index is 0.257. The van der Waals surface area contributed by atoms with Crippen LogP contribution in [0.15, 0.2) is 18.2 Å². The Kier molecular flexibility index (Phi) is 4.78. The fourth-order valence-corrected chi connectivity index (χ4v) is 2.44. The number of nitrogens with zero attached hydrogens (tertiary/aromatic N) is 2. The van der Waals surface area contributed by atoms with Gasteiger partial charge in [-0.25, -0.2) is 0 Å². The Bertz CT molecular complexity index is 468. The highest BCUT2D eigenvalue weighted by molar-refractivity contribution is 5.42. The van der Waals surface area contributed by atoms with E-state index in [4.69, 9.17) is 14.7 Å². The first kappa shape index (κ1) is 13.9. The smallest absolute Gasteiger partial charge is 0.123 e. The van der Waals surface area contributed by atoms with E-state index in [0.29, 0.717) is 5.56 Å². The second-order valence-electron chi connectivity index (χ2n) is 4.91. The highest BCUT2D eigenvalue weighted by Crippen LogP contribution is 2.22. The molecule has 0 spiro atoms. The first-order chi connectivity index (χ1) is 9.22. The van der Waals surface area contributed by atoms with Gasteiger partial charge in [0.1, 0.15) is 5.75 Å². The van der Waals surface area contributed by atoms with Gasteiger partial charge in [0.15, 0.2) is 0 Å². The second kappa shape index (κ2) is 6.55. The zero-order valence-corrected chi connectivity index (χ0v) is 11.6. The van der Waals surface area contributed by atoms with Gasteiger partial charge in [-0.1, -0.05) is 0 Å². The molecule has 1 aliphatic rings. The minimum Gasteiger partial charge on any atom is -0.496 e. The molecule has 1 atom stereocenters. The number of methoxy groups -OCH3 is 1. The average Bonchev–Trinajstić information content (AvgIpc) is 2.63. The lowest BCUT2D eigenvalue weighted by Crippen LogP contribution is -2.30. The monoisotopic (exact) mass is 260 g/mol. The van der Waals surface area contributed by atoms with Gasteiger partial charge in [0, 0.05) is 31.8 Å².